The van der Waals surface area contributed by atoms with Crippen LogP contribution >= 0.6 is 0 Å². The highest BCUT2D eigenvalue weighted by Crippen LogP contribution is 2.23. The lowest BCUT2D eigenvalue weighted by Gasteiger charge is -2.16. The van der Waals surface area contributed by atoms with E-state index in [2.05, 4.69) is 32.6 Å². The van der Waals surface area contributed by atoms with Gasteiger partial charge in [0.2, 0.25) is 0 Å². The van der Waals surface area contributed by atoms with Gasteiger partial charge in [0, 0.05) is 12.8 Å². The molecule has 148 valence electrons. The van der Waals surface area contributed by atoms with E-state index in [4.69, 9.17) is 0 Å². The van der Waals surface area contributed by atoms with Crippen LogP contribution in [0.4, 0.5) is 0 Å². The Balaban J connectivity index is 3.67. The maximum absolute atomic E-state index is 3.43. The van der Waals surface area contributed by atoms with Gasteiger partial charge in [-0.2, -0.15) is 0 Å². The molecular weight excluding hydrogens is 300 g/mol. The van der Waals surface area contributed by atoms with Crippen LogP contribution < -0.4 is 0 Å². The first-order valence-electron chi connectivity index (χ1n) is 11.8. The monoisotopic (exact) mass is 348 g/mol. The Morgan fingerprint density at radius 3 is 1.52 bits per heavy atom. The maximum Gasteiger partial charge on any atom is 0.00887 e. The molecule has 0 fully saturated rings. The van der Waals surface area contributed by atoms with Gasteiger partial charge >= 0.3 is 0 Å². The summed E-state index contributed by atoms with van der Waals surface area (Å²) in [7, 11) is 0. The lowest BCUT2D eigenvalue weighted by atomic mass is 9.90. The van der Waals surface area contributed by atoms with Gasteiger partial charge in [0.1, 0.15) is 0 Å². The van der Waals surface area contributed by atoms with E-state index in [0.29, 0.717) is 0 Å². The van der Waals surface area contributed by atoms with Crippen molar-refractivity contribution in [3.63, 3.8) is 0 Å². The van der Waals surface area contributed by atoms with E-state index in [1.807, 2.05) is 0 Å². The van der Waals surface area contributed by atoms with E-state index in [1.54, 1.807) is 0 Å². The second-order valence-corrected chi connectivity index (χ2v) is 7.97. The van der Waals surface area contributed by atoms with Crippen molar-refractivity contribution >= 4 is 0 Å². The minimum Gasteiger partial charge on any atom is -0.103 e. The average Bonchev–Trinajstić information content (AvgIpc) is 2.63. The first-order chi connectivity index (χ1) is 12.3. The summed E-state index contributed by atoms with van der Waals surface area (Å²) in [5.74, 6) is 7.80. The van der Waals surface area contributed by atoms with Gasteiger partial charge < -0.3 is 0 Å². The first-order valence-corrected chi connectivity index (χ1v) is 11.8. The third kappa shape index (κ3) is 19.7. The highest BCUT2D eigenvalue weighted by atomic mass is 14.1. The van der Waals surface area contributed by atoms with Crippen molar-refractivity contribution in [2.75, 3.05) is 0 Å². The lowest BCUT2D eigenvalue weighted by Crippen LogP contribution is -2.01. The molecule has 0 saturated carbocycles. The normalized spacial score (nSPS) is 12.0. The minimum atomic E-state index is 0.974. The topological polar surface area (TPSA) is 0 Å². The Labute approximate surface area is 160 Å². The molecule has 0 aliphatic carbocycles. The third-order valence-electron chi connectivity index (χ3n) is 5.38. The van der Waals surface area contributed by atoms with Crippen molar-refractivity contribution in [2.45, 2.75) is 143 Å². The second-order valence-electron chi connectivity index (χ2n) is 7.97. The molecule has 0 heterocycles. The van der Waals surface area contributed by atoms with Gasteiger partial charge in [-0.3, -0.25) is 0 Å². The van der Waals surface area contributed by atoms with Crippen LogP contribution in [0.3, 0.4) is 0 Å². The molecule has 1 unspecified atom stereocenters. The predicted octanol–water partition coefficient (Wildman–Crippen LogP) is 9.08. The molecule has 0 radical (unpaired) electrons. The molecule has 0 aromatic heterocycles. The van der Waals surface area contributed by atoms with Crippen molar-refractivity contribution in [3.8, 4) is 11.8 Å². The maximum atomic E-state index is 3.43. The zero-order valence-electron chi connectivity index (χ0n) is 18.0. The van der Waals surface area contributed by atoms with Gasteiger partial charge in [0.15, 0.2) is 0 Å². The van der Waals surface area contributed by atoms with Gasteiger partial charge in [-0.05, 0) is 25.2 Å². The Morgan fingerprint density at radius 1 is 0.440 bits per heavy atom. The lowest BCUT2D eigenvalue weighted by molar-refractivity contribution is 0.379. The quantitative estimate of drug-likeness (QED) is 0.171. The van der Waals surface area contributed by atoms with Crippen LogP contribution in [0.15, 0.2) is 0 Å². The highest BCUT2D eigenvalue weighted by Gasteiger charge is 2.07. The number of hydrogen-bond acceptors (Lipinski definition) is 0. The smallest absolute Gasteiger partial charge is 0.00887 e. The zero-order valence-corrected chi connectivity index (χ0v) is 18.0. The van der Waals surface area contributed by atoms with Gasteiger partial charge in [-0.1, -0.05) is 111 Å². The van der Waals surface area contributed by atoms with Gasteiger partial charge in [0.05, 0.1) is 0 Å². The zero-order chi connectivity index (χ0) is 18.4. The van der Waals surface area contributed by atoms with Crippen molar-refractivity contribution in [3.05, 3.63) is 0 Å². The van der Waals surface area contributed by atoms with Crippen LogP contribution in [-0.4, -0.2) is 0 Å². The molecule has 0 amide bonds. The van der Waals surface area contributed by atoms with Crippen LogP contribution in [0, 0.1) is 17.8 Å². The second kappa shape index (κ2) is 21.6. The molecule has 0 aromatic carbocycles. The molecule has 0 N–H and O–H groups in total. The highest BCUT2D eigenvalue weighted by molar-refractivity contribution is 4.98. The van der Waals surface area contributed by atoms with Crippen LogP contribution in [0.5, 0.6) is 0 Å². The number of unbranched alkanes of at least 4 members (excludes halogenated alkanes) is 12. The van der Waals surface area contributed by atoms with Crippen LogP contribution in [0.2, 0.25) is 0 Å². The molecule has 0 aliphatic heterocycles. The summed E-state index contributed by atoms with van der Waals surface area (Å²) >= 11 is 0. The predicted molar refractivity (Wildman–Crippen MR) is 116 cm³/mol. The molecule has 0 heteroatoms. The van der Waals surface area contributed by atoms with Crippen molar-refractivity contribution < 1.29 is 0 Å². The fourth-order valence-corrected chi connectivity index (χ4v) is 3.61. The van der Waals surface area contributed by atoms with E-state index in [1.165, 1.54) is 109 Å². The summed E-state index contributed by atoms with van der Waals surface area (Å²) in [5, 5.41) is 0. The van der Waals surface area contributed by atoms with Crippen LogP contribution in [0.1, 0.15) is 143 Å². The van der Waals surface area contributed by atoms with E-state index >= 15 is 0 Å². The molecule has 0 nitrogen and oxygen atoms in total. The van der Waals surface area contributed by atoms with E-state index in [9.17, 15) is 0 Å². The molecule has 1 atom stereocenters. The van der Waals surface area contributed by atoms with E-state index in [0.717, 1.165) is 18.8 Å². The van der Waals surface area contributed by atoms with E-state index < -0.39 is 0 Å². The Morgan fingerprint density at radius 2 is 0.880 bits per heavy atom. The van der Waals surface area contributed by atoms with Crippen molar-refractivity contribution in [2.24, 2.45) is 5.92 Å². The summed E-state index contributed by atoms with van der Waals surface area (Å²) < 4.78 is 0. The summed E-state index contributed by atoms with van der Waals surface area (Å²) in [6.07, 6.45) is 26.1. The average molecular weight is 349 g/mol. The Hall–Kier alpha value is -0.440. The first kappa shape index (κ1) is 24.6. The summed E-state index contributed by atoms with van der Waals surface area (Å²) in [6.45, 7) is 6.91. The molecule has 0 aromatic rings. The summed E-state index contributed by atoms with van der Waals surface area (Å²) in [6, 6.07) is 0. The standard InChI is InChI=1S/C25H48/c1-4-7-10-12-14-15-16-17-19-21-24-25(22-9-6-3)23-20-18-13-11-8-5-2/h25H,4-15,18-24H2,1-3H3. The number of hydrogen-bond donors (Lipinski definition) is 0. The Bertz CT molecular complexity index is 293. The number of rotatable bonds is 18. The summed E-state index contributed by atoms with van der Waals surface area (Å²) in [4.78, 5) is 0. The molecule has 0 spiro atoms. The molecule has 25 heavy (non-hydrogen) atoms. The van der Waals surface area contributed by atoms with Gasteiger partial charge in [0.25, 0.3) is 0 Å². The van der Waals surface area contributed by atoms with Crippen LogP contribution in [0.25, 0.3) is 0 Å². The van der Waals surface area contributed by atoms with E-state index in [-0.39, 0.29) is 0 Å². The fraction of sp³-hybridized carbons (Fsp3) is 0.920. The third-order valence-corrected chi connectivity index (χ3v) is 5.38. The van der Waals surface area contributed by atoms with Gasteiger partial charge in [-0.25, -0.2) is 0 Å². The molecule has 0 bridgehead atoms. The Kier molecular flexibility index (Phi) is 21.2. The molecule has 0 aliphatic rings. The molecule has 0 rings (SSSR count). The van der Waals surface area contributed by atoms with Crippen LogP contribution in [-0.2, 0) is 0 Å². The fourth-order valence-electron chi connectivity index (χ4n) is 3.61. The largest absolute Gasteiger partial charge is 0.103 e. The SMILES string of the molecule is CCCCCCCC#CCCCC(CCCC)CCCCCCCC. The van der Waals surface area contributed by atoms with Gasteiger partial charge in [-0.15, -0.1) is 11.8 Å². The van der Waals surface area contributed by atoms with Crippen molar-refractivity contribution in [1.82, 2.24) is 0 Å². The molecular formula is C25H48. The minimum absolute atomic E-state index is 0.974. The van der Waals surface area contributed by atoms with Crippen molar-refractivity contribution in [1.29, 1.82) is 0 Å². The molecule has 0 saturated heterocycles. The summed E-state index contributed by atoms with van der Waals surface area (Å²) in [5.41, 5.74) is 0.